The van der Waals surface area contributed by atoms with Crippen LogP contribution < -0.4 is 9.64 Å². The van der Waals surface area contributed by atoms with Gasteiger partial charge in [-0.2, -0.15) is 5.10 Å². The highest BCUT2D eigenvalue weighted by Gasteiger charge is 2.21. The van der Waals surface area contributed by atoms with E-state index in [1.165, 1.54) is 18.4 Å². The van der Waals surface area contributed by atoms with Crippen molar-refractivity contribution in [2.24, 2.45) is 0 Å². The van der Waals surface area contributed by atoms with Crippen LogP contribution in [0, 0.1) is 0 Å². The van der Waals surface area contributed by atoms with E-state index in [9.17, 15) is 8.78 Å². The predicted molar refractivity (Wildman–Crippen MR) is 109 cm³/mol. The highest BCUT2D eigenvalue weighted by Crippen LogP contribution is 2.28. The van der Waals surface area contributed by atoms with Crippen molar-refractivity contribution in [3.05, 3.63) is 42.0 Å². The number of hydrogen-bond acceptors (Lipinski definition) is 6. The normalized spacial score (nSPS) is 17.1. The lowest BCUT2D eigenvalue weighted by molar-refractivity contribution is 0.0804. The molecule has 30 heavy (non-hydrogen) atoms. The second kappa shape index (κ2) is 8.14. The molecule has 0 atom stereocenters. The number of nitrogens with zero attached hydrogens (tertiary/aromatic N) is 6. The molecule has 9 heteroatoms. The summed E-state index contributed by atoms with van der Waals surface area (Å²) in [5, 5.41) is 5.37. The highest BCUT2D eigenvalue weighted by atomic mass is 19.3. The standard InChI is InChI=1S/C21H24F2N6O/c22-20(23)13-30-21-18-11-16(3-4-19(18)24-14-25-21)28-8-6-27(7-9-28)12-15-10-17-2-1-5-29(17)26-15/h3-4,10-11,14,20H,1-2,5-9,12-13H2. The van der Waals surface area contributed by atoms with Gasteiger partial charge in [0.05, 0.1) is 16.6 Å². The van der Waals surface area contributed by atoms with Gasteiger partial charge in [-0.05, 0) is 37.1 Å². The fourth-order valence-corrected chi connectivity index (χ4v) is 4.26. The lowest BCUT2D eigenvalue weighted by Crippen LogP contribution is -2.46. The van der Waals surface area contributed by atoms with E-state index in [4.69, 9.17) is 9.84 Å². The average molecular weight is 414 g/mol. The Morgan fingerprint density at radius 1 is 1.03 bits per heavy atom. The van der Waals surface area contributed by atoms with Crippen LogP contribution in [0.2, 0.25) is 0 Å². The van der Waals surface area contributed by atoms with Crippen LogP contribution in [0.5, 0.6) is 5.88 Å². The van der Waals surface area contributed by atoms with E-state index in [-0.39, 0.29) is 5.88 Å². The minimum atomic E-state index is -2.54. The number of hydrogen-bond donors (Lipinski definition) is 0. The van der Waals surface area contributed by atoms with Crippen molar-refractivity contribution in [1.29, 1.82) is 0 Å². The Bertz CT molecular complexity index is 1010. The van der Waals surface area contributed by atoms with Crippen molar-refractivity contribution >= 4 is 16.6 Å². The van der Waals surface area contributed by atoms with Gasteiger partial charge in [0.25, 0.3) is 6.43 Å². The van der Waals surface area contributed by atoms with Crippen LogP contribution in [0.15, 0.2) is 30.6 Å². The Morgan fingerprint density at radius 3 is 2.70 bits per heavy atom. The maximum absolute atomic E-state index is 12.5. The van der Waals surface area contributed by atoms with Gasteiger partial charge in [-0.25, -0.2) is 18.7 Å². The summed E-state index contributed by atoms with van der Waals surface area (Å²) in [6.07, 6.45) is 1.14. The zero-order valence-corrected chi connectivity index (χ0v) is 16.7. The molecule has 0 N–H and O–H groups in total. The number of benzene rings is 1. The van der Waals surface area contributed by atoms with E-state index in [0.29, 0.717) is 10.9 Å². The molecule has 158 valence electrons. The third kappa shape index (κ3) is 3.94. The molecule has 0 unspecified atom stereocenters. The van der Waals surface area contributed by atoms with Gasteiger partial charge < -0.3 is 9.64 Å². The summed E-state index contributed by atoms with van der Waals surface area (Å²) in [5.74, 6) is 0.202. The molecule has 0 aliphatic carbocycles. The summed E-state index contributed by atoms with van der Waals surface area (Å²) in [4.78, 5) is 13.0. The lowest BCUT2D eigenvalue weighted by atomic mass is 10.2. The molecule has 2 aliphatic rings. The van der Waals surface area contributed by atoms with Gasteiger partial charge in [-0.3, -0.25) is 9.58 Å². The number of alkyl halides is 2. The van der Waals surface area contributed by atoms with E-state index in [1.807, 2.05) is 18.2 Å². The maximum Gasteiger partial charge on any atom is 0.272 e. The molecule has 0 spiro atoms. The molecule has 0 saturated carbocycles. The Kier molecular flexibility index (Phi) is 5.20. The van der Waals surface area contributed by atoms with Crippen molar-refractivity contribution in [1.82, 2.24) is 24.6 Å². The van der Waals surface area contributed by atoms with E-state index in [1.54, 1.807) is 0 Å². The lowest BCUT2D eigenvalue weighted by Gasteiger charge is -2.35. The molecule has 0 radical (unpaired) electrons. The minimum Gasteiger partial charge on any atom is -0.471 e. The van der Waals surface area contributed by atoms with Crippen LogP contribution in [-0.2, 0) is 19.5 Å². The van der Waals surface area contributed by atoms with E-state index in [0.717, 1.165) is 57.1 Å². The second-order valence-corrected chi connectivity index (χ2v) is 7.80. The van der Waals surface area contributed by atoms with Crippen molar-refractivity contribution in [3.8, 4) is 5.88 Å². The second-order valence-electron chi connectivity index (χ2n) is 7.80. The molecule has 0 bridgehead atoms. The predicted octanol–water partition coefficient (Wildman–Crippen LogP) is 2.74. The fourth-order valence-electron chi connectivity index (χ4n) is 4.26. The van der Waals surface area contributed by atoms with Crippen LogP contribution >= 0.6 is 0 Å². The maximum atomic E-state index is 12.5. The van der Waals surface area contributed by atoms with Crippen LogP contribution in [0.3, 0.4) is 0 Å². The Labute approximate surface area is 173 Å². The number of aryl methyl sites for hydroxylation is 2. The van der Waals surface area contributed by atoms with Gasteiger partial charge >= 0.3 is 0 Å². The smallest absolute Gasteiger partial charge is 0.272 e. The zero-order valence-electron chi connectivity index (χ0n) is 16.7. The number of rotatable bonds is 6. The van der Waals surface area contributed by atoms with Gasteiger partial charge in [0.2, 0.25) is 5.88 Å². The van der Waals surface area contributed by atoms with Crippen LogP contribution in [0.4, 0.5) is 14.5 Å². The molecule has 2 aliphatic heterocycles. The summed E-state index contributed by atoms with van der Waals surface area (Å²) in [5.41, 5.74) is 4.22. The Hall–Kier alpha value is -2.81. The van der Waals surface area contributed by atoms with E-state index in [2.05, 4.69) is 30.5 Å². The summed E-state index contributed by atoms with van der Waals surface area (Å²) in [7, 11) is 0. The molecule has 2 aromatic heterocycles. The quantitative estimate of drug-likeness (QED) is 0.618. The third-order valence-corrected chi connectivity index (χ3v) is 5.77. The minimum absolute atomic E-state index is 0.202. The molecule has 5 rings (SSSR count). The molecule has 1 aromatic carbocycles. The Morgan fingerprint density at radius 2 is 1.90 bits per heavy atom. The van der Waals surface area contributed by atoms with Gasteiger partial charge in [0.1, 0.15) is 6.33 Å². The molecule has 3 aromatic rings. The molecule has 0 amide bonds. The first-order valence-electron chi connectivity index (χ1n) is 10.3. The summed E-state index contributed by atoms with van der Waals surface area (Å²) >= 11 is 0. The van der Waals surface area contributed by atoms with Gasteiger partial charge in [0.15, 0.2) is 6.61 Å². The summed E-state index contributed by atoms with van der Waals surface area (Å²) < 4.78 is 32.4. The van der Waals surface area contributed by atoms with Gasteiger partial charge in [-0.15, -0.1) is 0 Å². The number of fused-ring (bicyclic) bond motifs is 2. The number of ether oxygens (including phenoxy) is 1. The van der Waals surface area contributed by atoms with E-state index < -0.39 is 13.0 Å². The number of aromatic nitrogens is 4. The summed E-state index contributed by atoms with van der Waals surface area (Å²) in [6.45, 7) is 4.91. The fraction of sp³-hybridized carbons (Fsp3) is 0.476. The summed E-state index contributed by atoms with van der Waals surface area (Å²) in [6, 6.07) is 8.08. The van der Waals surface area contributed by atoms with Crippen molar-refractivity contribution in [3.63, 3.8) is 0 Å². The number of anilines is 1. The third-order valence-electron chi connectivity index (χ3n) is 5.77. The molecular weight excluding hydrogens is 390 g/mol. The van der Waals surface area contributed by atoms with Crippen LogP contribution in [-0.4, -0.2) is 63.9 Å². The first-order valence-corrected chi connectivity index (χ1v) is 10.3. The zero-order chi connectivity index (χ0) is 20.5. The molecule has 7 nitrogen and oxygen atoms in total. The van der Waals surface area contributed by atoms with Crippen molar-refractivity contribution in [2.75, 3.05) is 37.7 Å². The van der Waals surface area contributed by atoms with Crippen molar-refractivity contribution < 1.29 is 13.5 Å². The van der Waals surface area contributed by atoms with Gasteiger partial charge in [-0.1, -0.05) is 0 Å². The molecule has 1 saturated heterocycles. The first kappa shape index (κ1) is 19.2. The topological polar surface area (TPSA) is 59.3 Å². The van der Waals surface area contributed by atoms with E-state index >= 15 is 0 Å². The SMILES string of the molecule is FC(F)COc1ncnc2ccc(N3CCN(Cc4cc5n(n4)CCC5)CC3)cc12. The van der Waals surface area contributed by atoms with Crippen LogP contribution in [0.1, 0.15) is 17.8 Å². The number of halogens is 2. The van der Waals surface area contributed by atoms with Crippen LogP contribution in [0.25, 0.3) is 10.9 Å². The van der Waals surface area contributed by atoms with Gasteiger partial charge in [0, 0.05) is 50.6 Å². The first-order chi connectivity index (χ1) is 14.7. The number of piperazine rings is 1. The molecule has 4 heterocycles. The highest BCUT2D eigenvalue weighted by molar-refractivity contribution is 5.86. The molecular formula is C21H24F2N6O. The van der Waals surface area contributed by atoms with Crippen molar-refractivity contribution in [2.45, 2.75) is 32.4 Å². The monoisotopic (exact) mass is 414 g/mol. The average Bonchev–Trinajstić information content (AvgIpc) is 3.34. The molecule has 1 fully saturated rings. The largest absolute Gasteiger partial charge is 0.471 e. The Balaban J connectivity index is 1.25.